The Labute approximate surface area is 130 Å². The second kappa shape index (κ2) is 18.7. The van der Waals surface area contributed by atoms with Crippen molar-refractivity contribution in [2.24, 2.45) is 5.73 Å². The summed E-state index contributed by atoms with van der Waals surface area (Å²) >= 11 is 0. The van der Waals surface area contributed by atoms with Crippen molar-refractivity contribution in [3.8, 4) is 0 Å². The van der Waals surface area contributed by atoms with Crippen molar-refractivity contribution in [3.63, 3.8) is 0 Å². The first-order valence-electron chi connectivity index (χ1n) is 5.92. The number of rotatable bonds is 4. The molecule has 1 unspecified atom stereocenters. The Morgan fingerprint density at radius 1 is 1.05 bits per heavy atom. The topological polar surface area (TPSA) is 173 Å². The van der Waals surface area contributed by atoms with Crippen molar-refractivity contribution >= 4 is 12.3 Å². The van der Waals surface area contributed by atoms with Gasteiger partial charge in [-0.15, -0.1) is 0 Å². The Morgan fingerprint density at radius 2 is 1.41 bits per heavy atom. The Morgan fingerprint density at radius 3 is 1.73 bits per heavy atom. The van der Waals surface area contributed by atoms with Crippen molar-refractivity contribution in [2.45, 2.75) is 39.7 Å². The summed E-state index contributed by atoms with van der Waals surface area (Å²) in [6.07, 6.45) is -0.364. The fraction of sp³-hybridized carbons (Fsp3) is 0.429. The Hall–Kier alpha value is -2.32. The molecule has 0 radical (unpaired) electrons. The zero-order valence-corrected chi connectivity index (χ0v) is 11.8. The quantitative estimate of drug-likeness (QED) is 0.566. The van der Waals surface area contributed by atoms with Crippen LogP contribution in [0.15, 0.2) is 30.3 Å². The van der Waals surface area contributed by atoms with Crippen molar-refractivity contribution in [1.82, 2.24) is 0 Å². The van der Waals surface area contributed by atoms with Gasteiger partial charge in [0.1, 0.15) is 0 Å². The van der Waals surface area contributed by atoms with Gasteiger partial charge in [0.15, 0.2) is 0 Å². The van der Waals surface area contributed by atoms with Crippen LogP contribution in [-0.4, -0.2) is 44.3 Å². The third-order valence-electron chi connectivity index (χ3n) is 2.00. The van der Waals surface area contributed by atoms with Gasteiger partial charge in [-0.2, -0.15) is 0 Å². The van der Waals surface area contributed by atoms with Gasteiger partial charge < -0.3 is 31.6 Å². The zero-order valence-electron chi connectivity index (χ0n) is 11.8. The van der Waals surface area contributed by atoms with Crippen LogP contribution in [0.1, 0.15) is 32.8 Å². The summed E-state index contributed by atoms with van der Waals surface area (Å²) in [7, 11) is 0. The molecule has 8 nitrogen and oxygen atoms in total. The third kappa shape index (κ3) is 30.6. The van der Waals surface area contributed by atoms with Gasteiger partial charge in [0.05, 0.1) is 0 Å². The molecular weight excluding hydrogens is 294 g/mol. The maximum atomic E-state index is 8.56. The van der Waals surface area contributed by atoms with Crippen molar-refractivity contribution < 1.29 is 35.5 Å². The molecule has 8 heteroatoms. The molecule has 0 spiro atoms. The first-order chi connectivity index (χ1) is 9.29. The highest BCUT2D eigenvalue weighted by Gasteiger charge is 2.01. The highest BCUT2D eigenvalue weighted by atomic mass is 16.6. The fourth-order valence-corrected chi connectivity index (χ4v) is 1.39. The summed E-state index contributed by atoms with van der Waals surface area (Å²) in [4.78, 5) is 17.1. The summed E-state index contributed by atoms with van der Waals surface area (Å²) in [6, 6.07) is 10.8. The molecule has 1 rings (SSSR count). The SMILES string of the molecule is C.CCCC(N)Cc1ccccc1.O.O=C(O)O.O=C(O)O. The van der Waals surface area contributed by atoms with Crippen LogP contribution in [0.5, 0.6) is 0 Å². The van der Waals surface area contributed by atoms with E-state index in [1.54, 1.807) is 0 Å². The number of nitrogens with two attached hydrogens (primary N) is 1. The van der Waals surface area contributed by atoms with Crippen LogP contribution < -0.4 is 5.73 Å². The zero-order chi connectivity index (χ0) is 16.0. The second-order valence-corrected chi connectivity index (χ2v) is 3.80. The molecule has 22 heavy (non-hydrogen) atoms. The van der Waals surface area contributed by atoms with Crippen molar-refractivity contribution in [3.05, 3.63) is 35.9 Å². The Balaban J connectivity index is -0.000000138. The number of carboxylic acid groups (broad SMARTS) is 4. The summed E-state index contributed by atoms with van der Waals surface area (Å²) in [5.74, 6) is 0. The van der Waals surface area contributed by atoms with Gasteiger partial charge in [-0.25, -0.2) is 9.59 Å². The van der Waals surface area contributed by atoms with Crippen LogP contribution in [0, 0.1) is 0 Å². The first-order valence-corrected chi connectivity index (χ1v) is 5.92. The van der Waals surface area contributed by atoms with Gasteiger partial charge >= 0.3 is 12.3 Å². The highest BCUT2D eigenvalue weighted by Crippen LogP contribution is 2.04. The maximum Gasteiger partial charge on any atom is 0.503 e. The Kier molecular flexibility index (Phi) is 23.7. The predicted octanol–water partition coefficient (Wildman–Crippen LogP) is 2.61. The van der Waals surface area contributed by atoms with Crippen LogP contribution in [-0.2, 0) is 6.42 Å². The average Bonchev–Trinajstić information content (AvgIpc) is 2.28. The van der Waals surface area contributed by atoms with E-state index in [4.69, 9.17) is 35.7 Å². The van der Waals surface area contributed by atoms with E-state index in [1.165, 1.54) is 12.0 Å². The maximum absolute atomic E-state index is 8.56. The number of benzene rings is 1. The number of hydrogen-bond acceptors (Lipinski definition) is 3. The van der Waals surface area contributed by atoms with E-state index in [1.807, 2.05) is 6.07 Å². The molecule has 0 aliphatic rings. The molecule has 0 heterocycles. The highest BCUT2D eigenvalue weighted by molar-refractivity contribution is 5.53. The standard InChI is InChI=1S/C11H17N.2CH2O3.CH4.H2O/c1-2-6-11(12)9-10-7-4-3-5-8-10;2*2-1(3)4;;/h3-5,7-8,11H,2,6,9,12H2,1H3;2*(H2,2,3,4);1H4;1H2. The predicted molar refractivity (Wildman–Crippen MR) is 84.7 cm³/mol. The largest absolute Gasteiger partial charge is 0.503 e. The van der Waals surface area contributed by atoms with Crippen LogP contribution in [0.25, 0.3) is 0 Å². The summed E-state index contributed by atoms with van der Waals surface area (Å²) in [5.41, 5.74) is 7.26. The fourth-order valence-electron chi connectivity index (χ4n) is 1.39. The molecule has 130 valence electrons. The minimum atomic E-state index is -1.83. The van der Waals surface area contributed by atoms with Crippen LogP contribution in [0.3, 0.4) is 0 Å². The molecule has 0 fully saturated rings. The van der Waals surface area contributed by atoms with Crippen molar-refractivity contribution in [1.29, 1.82) is 0 Å². The molecule has 1 aromatic carbocycles. The van der Waals surface area contributed by atoms with Crippen molar-refractivity contribution in [2.75, 3.05) is 0 Å². The normalized spacial score (nSPS) is 9.18. The van der Waals surface area contributed by atoms with Gasteiger partial charge in [-0.1, -0.05) is 51.1 Å². The van der Waals surface area contributed by atoms with E-state index >= 15 is 0 Å². The molecule has 0 aromatic heterocycles. The van der Waals surface area contributed by atoms with E-state index in [9.17, 15) is 0 Å². The van der Waals surface area contributed by atoms with Gasteiger partial charge in [-0.05, 0) is 18.4 Å². The average molecular weight is 321 g/mol. The molecule has 0 saturated heterocycles. The molecule has 0 amide bonds. The molecule has 1 aromatic rings. The lowest BCUT2D eigenvalue weighted by Gasteiger charge is -2.09. The summed E-state index contributed by atoms with van der Waals surface area (Å²) < 4.78 is 0. The first kappa shape index (κ1) is 27.9. The van der Waals surface area contributed by atoms with Gasteiger partial charge in [0, 0.05) is 6.04 Å². The van der Waals surface area contributed by atoms with E-state index < -0.39 is 12.3 Å². The molecule has 0 saturated carbocycles. The molecule has 0 aliphatic carbocycles. The summed E-state index contributed by atoms with van der Waals surface area (Å²) in [6.45, 7) is 2.17. The number of hydrogen-bond donors (Lipinski definition) is 5. The van der Waals surface area contributed by atoms with Crippen LogP contribution in [0.4, 0.5) is 9.59 Å². The lowest BCUT2D eigenvalue weighted by molar-refractivity contribution is 0.135. The number of carbonyl (C=O) groups is 2. The molecular formula is C14H27NO7. The van der Waals surface area contributed by atoms with E-state index in [2.05, 4.69) is 31.2 Å². The second-order valence-electron chi connectivity index (χ2n) is 3.80. The molecule has 1 atom stereocenters. The van der Waals surface area contributed by atoms with Crippen LogP contribution >= 0.6 is 0 Å². The van der Waals surface area contributed by atoms with E-state index in [0.717, 1.165) is 12.8 Å². The lowest BCUT2D eigenvalue weighted by Crippen LogP contribution is -2.22. The summed E-state index contributed by atoms with van der Waals surface area (Å²) in [5, 5.41) is 27.9. The van der Waals surface area contributed by atoms with E-state index in [0.29, 0.717) is 6.04 Å². The van der Waals surface area contributed by atoms with Gasteiger partial charge in [0.25, 0.3) is 0 Å². The lowest BCUT2D eigenvalue weighted by atomic mass is 10.0. The molecule has 0 aliphatic heterocycles. The van der Waals surface area contributed by atoms with Gasteiger partial charge in [-0.3, -0.25) is 0 Å². The molecule has 0 bridgehead atoms. The van der Waals surface area contributed by atoms with E-state index in [-0.39, 0.29) is 12.9 Å². The Bertz CT molecular complexity index is 351. The smallest absolute Gasteiger partial charge is 0.450 e. The van der Waals surface area contributed by atoms with Crippen LogP contribution in [0.2, 0.25) is 0 Å². The monoisotopic (exact) mass is 321 g/mol. The van der Waals surface area contributed by atoms with Gasteiger partial charge in [0.2, 0.25) is 0 Å². The molecule has 8 N–H and O–H groups in total. The minimum absolute atomic E-state index is 0. The minimum Gasteiger partial charge on any atom is -0.450 e. The third-order valence-corrected chi connectivity index (χ3v) is 2.00.